The molecule has 0 saturated heterocycles. The van der Waals surface area contributed by atoms with Gasteiger partial charge in [0.1, 0.15) is 0 Å². The maximum absolute atomic E-state index is 11.9. The normalized spacial score (nSPS) is 19.9. The fourth-order valence-electron chi connectivity index (χ4n) is 3.75. The minimum absolute atomic E-state index is 0.0332. The van der Waals surface area contributed by atoms with E-state index in [9.17, 15) is 4.79 Å². The maximum atomic E-state index is 11.9. The van der Waals surface area contributed by atoms with Gasteiger partial charge in [-0.05, 0) is 51.9 Å². The summed E-state index contributed by atoms with van der Waals surface area (Å²) in [5.41, 5.74) is 3.08. The molecule has 0 aromatic carbocycles. The molecule has 0 aromatic rings. The van der Waals surface area contributed by atoms with E-state index in [1.54, 1.807) is 5.57 Å². The minimum atomic E-state index is -0.0332. The highest BCUT2D eigenvalue weighted by Gasteiger charge is 2.24. The number of rotatable bonds is 14. The number of carbonyl (C=O) groups excluding carboxylic acids is 1. The fraction of sp³-hybridized carbons (Fsp3) is 0.870. The third-order valence-electron chi connectivity index (χ3n) is 5.49. The summed E-state index contributed by atoms with van der Waals surface area (Å²) < 4.78 is 5.39. The van der Waals surface area contributed by atoms with Crippen LogP contribution in [-0.4, -0.2) is 35.3 Å². The van der Waals surface area contributed by atoms with Crippen molar-refractivity contribution in [3.8, 4) is 0 Å². The third-order valence-corrected chi connectivity index (χ3v) is 6.81. The summed E-state index contributed by atoms with van der Waals surface area (Å²) in [6.07, 6.45) is 13.5. The van der Waals surface area contributed by atoms with Crippen LogP contribution < -0.4 is 0 Å². The van der Waals surface area contributed by atoms with Crippen molar-refractivity contribution >= 4 is 17.7 Å². The first-order valence-corrected chi connectivity index (χ1v) is 12.1. The van der Waals surface area contributed by atoms with E-state index in [0.717, 1.165) is 37.4 Å². The molecule has 1 fully saturated rings. The Hall–Kier alpha value is -0.480. The number of hydrogen-bond donors (Lipinski definition) is 1. The van der Waals surface area contributed by atoms with E-state index >= 15 is 0 Å². The molecule has 1 aliphatic rings. The SMILES string of the molecule is CC(C)=C1CCC(C)CC1SCCC(=O)OCCCCCCCCCCO. The predicted molar refractivity (Wildman–Crippen MR) is 117 cm³/mol. The van der Waals surface area contributed by atoms with E-state index in [2.05, 4.69) is 20.8 Å². The lowest BCUT2D eigenvalue weighted by molar-refractivity contribution is -0.143. The van der Waals surface area contributed by atoms with Gasteiger partial charge in [-0.15, -0.1) is 0 Å². The molecular formula is C23H42O3S. The van der Waals surface area contributed by atoms with Crippen molar-refractivity contribution < 1.29 is 14.6 Å². The van der Waals surface area contributed by atoms with Gasteiger partial charge in [0, 0.05) is 17.6 Å². The van der Waals surface area contributed by atoms with Gasteiger partial charge in [-0.25, -0.2) is 0 Å². The number of allylic oxidation sites excluding steroid dienone is 1. The molecule has 0 aromatic heterocycles. The van der Waals surface area contributed by atoms with Crippen molar-refractivity contribution in [3.05, 3.63) is 11.1 Å². The Morgan fingerprint density at radius 1 is 1.07 bits per heavy atom. The first-order valence-electron chi connectivity index (χ1n) is 11.1. The molecule has 158 valence electrons. The molecule has 1 saturated carbocycles. The number of esters is 1. The Morgan fingerprint density at radius 2 is 1.70 bits per heavy atom. The first-order chi connectivity index (χ1) is 13.0. The Kier molecular flexibility index (Phi) is 14.0. The van der Waals surface area contributed by atoms with Gasteiger partial charge in [0.05, 0.1) is 13.0 Å². The van der Waals surface area contributed by atoms with Crippen LogP contribution in [0.15, 0.2) is 11.1 Å². The molecule has 1 rings (SSSR count). The molecule has 0 bridgehead atoms. The predicted octanol–water partition coefficient (Wildman–Crippen LogP) is 6.29. The average Bonchev–Trinajstić information content (AvgIpc) is 2.63. The summed E-state index contributed by atoms with van der Waals surface area (Å²) >= 11 is 1.95. The Bertz CT molecular complexity index is 429. The first kappa shape index (κ1) is 24.6. The second kappa shape index (κ2) is 15.4. The summed E-state index contributed by atoms with van der Waals surface area (Å²) in [6, 6.07) is 0. The standard InChI is InChI=1S/C23H42O3S/c1-19(2)21-13-12-20(3)18-22(21)27-17-14-23(25)26-16-11-9-7-5-4-6-8-10-15-24/h20,22,24H,4-18H2,1-3H3. The lowest BCUT2D eigenvalue weighted by Crippen LogP contribution is -2.20. The highest BCUT2D eigenvalue weighted by atomic mass is 32.2. The summed E-state index contributed by atoms with van der Waals surface area (Å²) in [6.45, 7) is 7.69. The zero-order chi connectivity index (χ0) is 19.9. The number of hydrogen-bond acceptors (Lipinski definition) is 4. The van der Waals surface area contributed by atoms with Crippen LogP contribution in [0.25, 0.3) is 0 Å². The molecule has 2 atom stereocenters. The molecule has 1 aliphatic carbocycles. The monoisotopic (exact) mass is 398 g/mol. The quantitative estimate of drug-likeness (QED) is 0.212. The van der Waals surface area contributed by atoms with Gasteiger partial charge in [-0.3, -0.25) is 4.79 Å². The van der Waals surface area contributed by atoms with E-state index in [1.807, 2.05) is 11.8 Å². The minimum Gasteiger partial charge on any atom is -0.466 e. The van der Waals surface area contributed by atoms with Crippen molar-refractivity contribution in [3.63, 3.8) is 0 Å². The molecule has 0 aliphatic heterocycles. The van der Waals surface area contributed by atoms with E-state index in [4.69, 9.17) is 9.84 Å². The van der Waals surface area contributed by atoms with Gasteiger partial charge in [0.15, 0.2) is 0 Å². The molecule has 0 radical (unpaired) electrons. The fourth-order valence-corrected chi connectivity index (χ4v) is 5.33. The lowest BCUT2D eigenvalue weighted by Gasteiger charge is -2.30. The van der Waals surface area contributed by atoms with Crippen molar-refractivity contribution in [2.75, 3.05) is 19.0 Å². The molecule has 0 heterocycles. The third kappa shape index (κ3) is 11.8. The average molecular weight is 399 g/mol. The van der Waals surface area contributed by atoms with Gasteiger partial charge in [-0.2, -0.15) is 11.8 Å². The van der Waals surface area contributed by atoms with Crippen molar-refractivity contribution in [1.29, 1.82) is 0 Å². The highest BCUT2D eigenvalue weighted by Crippen LogP contribution is 2.37. The van der Waals surface area contributed by atoms with Crippen LogP contribution in [0.4, 0.5) is 0 Å². The van der Waals surface area contributed by atoms with Gasteiger partial charge >= 0.3 is 5.97 Å². The molecular weight excluding hydrogens is 356 g/mol. The number of carbonyl (C=O) groups is 1. The molecule has 2 unspecified atom stereocenters. The van der Waals surface area contributed by atoms with Crippen LogP contribution in [0.3, 0.4) is 0 Å². The van der Waals surface area contributed by atoms with Crippen LogP contribution >= 0.6 is 11.8 Å². The second-order valence-corrected chi connectivity index (χ2v) is 9.60. The van der Waals surface area contributed by atoms with Crippen LogP contribution in [0.2, 0.25) is 0 Å². The van der Waals surface area contributed by atoms with Crippen LogP contribution in [-0.2, 0) is 9.53 Å². The number of thioether (sulfide) groups is 1. The van der Waals surface area contributed by atoms with Gasteiger partial charge in [0.25, 0.3) is 0 Å². The molecule has 27 heavy (non-hydrogen) atoms. The molecule has 0 spiro atoms. The van der Waals surface area contributed by atoms with Gasteiger partial charge in [-0.1, -0.05) is 56.6 Å². The molecule has 3 nitrogen and oxygen atoms in total. The van der Waals surface area contributed by atoms with E-state index in [-0.39, 0.29) is 5.97 Å². The molecule has 0 amide bonds. The number of ether oxygens (including phenoxy) is 1. The van der Waals surface area contributed by atoms with Crippen molar-refractivity contribution in [2.45, 2.75) is 103 Å². The van der Waals surface area contributed by atoms with Crippen LogP contribution in [0, 0.1) is 5.92 Å². The smallest absolute Gasteiger partial charge is 0.306 e. The summed E-state index contributed by atoms with van der Waals surface area (Å²) in [5, 5.41) is 9.33. The zero-order valence-corrected chi connectivity index (χ0v) is 18.7. The van der Waals surface area contributed by atoms with Crippen LogP contribution in [0.1, 0.15) is 97.8 Å². The highest BCUT2D eigenvalue weighted by molar-refractivity contribution is 8.00. The van der Waals surface area contributed by atoms with Gasteiger partial charge in [0.2, 0.25) is 0 Å². The van der Waals surface area contributed by atoms with Crippen molar-refractivity contribution in [1.82, 2.24) is 0 Å². The number of aliphatic hydroxyl groups is 1. The lowest BCUT2D eigenvalue weighted by atomic mass is 9.85. The summed E-state index contributed by atoms with van der Waals surface area (Å²) in [5.74, 6) is 1.64. The summed E-state index contributed by atoms with van der Waals surface area (Å²) in [7, 11) is 0. The van der Waals surface area contributed by atoms with E-state index < -0.39 is 0 Å². The second-order valence-electron chi connectivity index (χ2n) is 8.29. The largest absolute Gasteiger partial charge is 0.466 e. The summed E-state index contributed by atoms with van der Waals surface area (Å²) in [4.78, 5) is 11.9. The topological polar surface area (TPSA) is 46.5 Å². The zero-order valence-electron chi connectivity index (χ0n) is 17.9. The Morgan fingerprint density at radius 3 is 2.33 bits per heavy atom. The number of unbranched alkanes of at least 4 members (excludes halogenated alkanes) is 7. The van der Waals surface area contributed by atoms with E-state index in [0.29, 0.717) is 24.9 Å². The van der Waals surface area contributed by atoms with Crippen LogP contribution in [0.5, 0.6) is 0 Å². The van der Waals surface area contributed by atoms with E-state index in [1.165, 1.54) is 50.5 Å². The van der Waals surface area contributed by atoms with Crippen molar-refractivity contribution in [2.24, 2.45) is 5.92 Å². The number of aliphatic hydroxyl groups excluding tert-OH is 1. The molecule has 4 heteroatoms. The Labute approximate surface area is 171 Å². The maximum Gasteiger partial charge on any atom is 0.306 e. The molecule has 1 N–H and O–H groups in total. The Balaban J connectivity index is 2.02. The van der Waals surface area contributed by atoms with Gasteiger partial charge < -0.3 is 9.84 Å².